The van der Waals surface area contributed by atoms with E-state index in [1.165, 1.54) is 24.8 Å². The van der Waals surface area contributed by atoms with Gasteiger partial charge in [0.25, 0.3) is 0 Å². The van der Waals surface area contributed by atoms with E-state index in [-0.39, 0.29) is 5.97 Å². The summed E-state index contributed by atoms with van der Waals surface area (Å²) in [4.78, 5) is 13.6. The Hall–Kier alpha value is -1.93. The number of hydrogen-bond acceptors (Lipinski definition) is 6. The van der Waals surface area contributed by atoms with Crippen LogP contribution in [0.25, 0.3) is 0 Å². The molecule has 6 nitrogen and oxygen atoms in total. The fraction of sp³-hybridized carbons (Fsp3) is 0.471. The zero-order chi connectivity index (χ0) is 17.8. The molecule has 0 bridgehead atoms. The van der Waals surface area contributed by atoms with E-state index in [4.69, 9.17) is 21.5 Å². The summed E-state index contributed by atoms with van der Waals surface area (Å²) in [6, 6.07) is 1.75. The van der Waals surface area contributed by atoms with E-state index >= 15 is 0 Å². The summed E-state index contributed by atoms with van der Waals surface area (Å²) < 4.78 is 10.0. The molecule has 2 N–H and O–H groups in total. The van der Waals surface area contributed by atoms with Crippen LogP contribution < -0.4 is 10.6 Å². The van der Waals surface area contributed by atoms with E-state index in [1.807, 2.05) is 6.92 Å². The molecule has 1 aliphatic rings. The average molecular weight is 380 g/mol. The largest absolute Gasteiger partial charge is 0.465 e. The molecule has 3 rings (SSSR count). The topological polar surface area (TPSA) is 76.4 Å². The standard InChI is InChI=1S/C17H21N3O3S2/c1-10-9-13(20-23-10)18-17(24)19-15-14(16(21)22-2)11-7-5-3-4-6-8-12(11)25-15/h9H,3-8H2,1-2H3,(H2,18,19,20,24). The molecule has 0 aliphatic heterocycles. The van der Waals surface area contributed by atoms with Gasteiger partial charge in [0.2, 0.25) is 0 Å². The van der Waals surface area contributed by atoms with Crippen LogP contribution in [0.2, 0.25) is 0 Å². The number of ether oxygens (including phenoxy) is 1. The van der Waals surface area contributed by atoms with E-state index in [0.29, 0.717) is 22.3 Å². The first-order chi connectivity index (χ1) is 12.1. The molecule has 0 unspecified atom stereocenters. The predicted octanol–water partition coefficient (Wildman–Crippen LogP) is 4.30. The highest BCUT2D eigenvalue weighted by Crippen LogP contribution is 2.37. The normalized spacial score (nSPS) is 14.2. The first-order valence-electron chi connectivity index (χ1n) is 8.32. The molecule has 25 heavy (non-hydrogen) atoms. The lowest BCUT2D eigenvalue weighted by Gasteiger charge is -2.11. The van der Waals surface area contributed by atoms with E-state index in [2.05, 4.69) is 15.8 Å². The van der Waals surface area contributed by atoms with Gasteiger partial charge in [-0.15, -0.1) is 11.3 Å². The third kappa shape index (κ3) is 4.19. The second-order valence-corrected chi connectivity index (χ2v) is 7.53. The van der Waals surface area contributed by atoms with E-state index in [9.17, 15) is 4.79 Å². The summed E-state index contributed by atoms with van der Waals surface area (Å²) in [5.74, 6) is 0.907. The predicted molar refractivity (Wildman–Crippen MR) is 103 cm³/mol. The van der Waals surface area contributed by atoms with Gasteiger partial charge >= 0.3 is 5.97 Å². The van der Waals surface area contributed by atoms with Crippen molar-refractivity contribution < 1.29 is 14.1 Å². The molecule has 2 aromatic rings. The van der Waals surface area contributed by atoms with E-state index < -0.39 is 0 Å². The molecule has 2 aromatic heterocycles. The Bertz CT molecular complexity index is 782. The van der Waals surface area contributed by atoms with Gasteiger partial charge in [0.05, 0.1) is 12.7 Å². The number of fused-ring (bicyclic) bond motifs is 1. The Morgan fingerprint density at radius 2 is 2.04 bits per heavy atom. The van der Waals surface area contributed by atoms with Gasteiger partial charge in [0.15, 0.2) is 10.9 Å². The molecule has 0 saturated carbocycles. The third-order valence-corrected chi connectivity index (χ3v) is 5.57. The Kier molecular flexibility index (Phi) is 5.70. The van der Waals surface area contributed by atoms with Gasteiger partial charge in [-0.3, -0.25) is 0 Å². The molecule has 134 valence electrons. The number of anilines is 2. The summed E-state index contributed by atoms with van der Waals surface area (Å²) >= 11 is 6.94. The Labute approximate surface area is 155 Å². The number of esters is 1. The highest BCUT2D eigenvalue weighted by molar-refractivity contribution is 7.80. The number of nitrogens with one attached hydrogen (secondary N) is 2. The highest BCUT2D eigenvalue weighted by atomic mass is 32.1. The van der Waals surface area contributed by atoms with Crippen molar-refractivity contribution in [3.8, 4) is 0 Å². The van der Waals surface area contributed by atoms with Gasteiger partial charge in [-0.1, -0.05) is 18.0 Å². The van der Waals surface area contributed by atoms with Crippen molar-refractivity contribution >= 4 is 45.5 Å². The molecular formula is C17H21N3O3S2. The van der Waals surface area contributed by atoms with Crippen molar-refractivity contribution in [2.45, 2.75) is 45.4 Å². The maximum Gasteiger partial charge on any atom is 0.341 e. The second-order valence-electron chi connectivity index (χ2n) is 6.02. The fourth-order valence-electron chi connectivity index (χ4n) is 3.00. The number of hydrogen-bond donors (Lipinski definition) is 2. The van der Waals surface area contributed by atoms with Crippen molar-refractivity contribution in [1.82, 2.24) is 5.16 Å². The zero-order valence-electron chi connectivity index (χ0n) is 14.3. The van der Waals surface area contributed by atoms with Crippen molar-refractivity contribution in [1.29, 1.82) is 0 Å². The number of aryl methyl sites for hydroxylation is 2. The minimum atomic E-state index is -0.319. The van der Waals surface area contributed by atoms with Crippen LogP contribution >= 0.6 is 23.6 Å². The highest BCUT2D eigenvalue weighted by Gasteiger charge is 2.25. The summed E-state index contributed by atoms with van der Waals surface area (Å²) in [7, 11) is 1.41. The molecule has 0 amide bonds. The SMILES string of the molecule is COC(=O)c1c(NC(=S)Nc2cc(C)on2)sc2c1CCCCCC2. The first-order valence-corrected chi connectivity index (χ1v) is 9.55. The molecule has 0 atom stereocenters. The average Bonchev–Trinajstić information content (AvgIpc) is 3.10. The summed E-state index contributed by atoms with van der Waals surface area (Å²) in [5, 5.41) is 11.1. The van der Waals surface area contributed by atoms with Crippen LogP contribution in [0.15, 0.2) is 10.6 Å². The monoisotopic (exact) mass is 379 g/mol. The molecule has 0 radical (unpaired) electrons. The van der Waals surface area contributed by atoms with Gasteiger partial charge in [-0.25, -0.2) is 4.79 Å². The second kappa shape index (κ2) is 7.97. The van der Waals surface area contributed by atoms with Crippen molar-refractivity contribution in [3.63, 3.8) is 0 Å². The molecule has 0 fully saturated rings. The van der Waals surface area contributed by atoms with Gasteiger partial charge in [0.1, 0.15) is 10.8 Å². The summed E-state index contributed by atoms with van der Waals surface area (Å²) in [5.41, 5.74) is 1.73. The number of rotatable bonds is 3. The summed E-state index contributed by atoms with van der Waals surface area (Å²) in [6.45, 7) is 1.81. The van der Waals surface area contributed by atoms with Gasteiger partial charge in [0, 0.05) is 10.9 Å². The van der Waals surface area contributed by atoms with Crippen LogP contribution in [0.5, 0.6) is 0 Å². The molecule has 8 heteroatoms. The van der Waals surface area contributed by atoms with Gasteiger partial charge < -0.3 is 19.9 Å². The lowest BCUT2D eigenvalue weighted by Crippen LogP contribution is -2.20. The van der Waals surface area contributed by atoms with E-state index in [0.717, 1.165) is 36.2 Å². The number of aromatic nitrogens is 1. The van der Waals surface area contributed by atoms with Crippen LogP contribution in [-0.2, 0) is 17.6 Å². The van der Waals surface area contributed by atoms with Crippen molar-refractivity contribution in [2.75, 3.05) is 17.7 Å². The number of carbonyl (C=O) groups excluding carboxylic acids is 1. The van der Waals surface area contributed by atoms with Gasteiger partial charge in [-0.2, -0.15) is 0 Å². The van der Waals surface area contributed by atoms with Gasteiger partial charge in [-0.05, 0) is 50.4 Å². The minimum absolute atomic E-state index is 0.319. The minimum Gasteiger partial charge on any atom is -0.465 e. The van der Waals surface area contributed by atoms with Crippen LogP contribution in [0.4, 0.5) is 10.8 Å². The number of thiophene rings is 1. The number of thiocarbonyl (C=S) groups is 1. The van der Waals surface area contributed by atoms with Crippen LogP contribution in [0.3, 0.4) is 0 Å². The Morgan fingerprint density at radius 1 is 1.28 bits per heavy atom. The number of methoxy groups -OCH3 is 1. The lowest BCUT2D eigenvalue weighted by atomic mass is 9.96. The van der Waals surface area contributed by atoms with E-state index in [1.54, 1.807) is 17.4 Å². The van der Waals surface area contributed by atoms with Crippen molar-refractivity contribution in [3.05, 3.63) is 27.8 Å². The molecule has 0 saturated heterocycles. The number of carbonyl (C=O) groups is 1. The molecule has 1 aliphatic carbocycles. The Morgan fingerprint density at radius 3 is 2.72 bits per heavy atom. The zero-order valence-corrected chi connectivity index (χ0v) is 15.9. The smallest absolute Gasteiger partial charge is 0.341 e. The third-order valence-electron chi connectivity index (χ3n) is 4.16. The fourth-order valence-corrected chi connectivity index (χ4v) is 4.55. The van der Waals surface area contributed by atoms with Crippen molar-refractivity contribution in [2.24, 2.45) is 0 Å². The molecule has 0 aromatic carbocycles. The quantitative estimate of drug-likeness (QED) is 0.608. The Balaban J connectivity index is 1.85. The molecular weight excluding hydrogens is 358 g/mol. The maximum atomic E-state index is 12.4. The lowest BCUT2D eigenvalue weighted by molar-refractivity contribution is 0.0601. The number of nitrogens with zero attached hydrogens (tertiary/aromatic N) is 1. The molecule has 0 spiro atoms. The molecule has 2 heterocycles. The first kappa shape index (κ1) is 17.9. The van der Waals surface area contributed by atoms with Crippen LogP contribution in [0.1, 0.15) is 52.2 Å². The van der Waals surface area contributed by atoms with Crippen LogP contribution in [0, 0.1) is 6.92 Å². The van der Waals surface area contributed by atoms with Crippen LogP contribution in [-0.4, -0.2) is 23.3 Å². The maximum absolute atomic E-state index is 12.4. The summed E-state index contributed by atoms with van der Waals surface area (Å²) in [6.07, 6.45) is 6.57.